The molecule has 0 saturated carbocycles. The predicted molar refractivity (Wildman–Crippen MR) is 148 cm³/mol. The molecule has 0 spiro atoms. The average Bonchev–Trinajstić information content (AvgIpc) is 3.51. The highest BCUT2D eigenvalue weighted by molar-refractivity contribution is 7.13. The maximum atomic E-state index is 13.6. The number of carbonyl (C=O) groups excluding carboxylic acids is 3. The fraction of sp³-hybridized carbons (Fsp3) is 0.571. The Labute approximate surface area is 224 Å². The molecule has 0 aliphatic carbocycles. The molecule has 202 valence electrons. The van der Waals surface area contributed by atoms with Crippen molar-refractivity contribution in [2.45, 2.75) is 78.4 Å². The van der Waals surface area contributed by atoms with Gasteiger partial charge in [-0.25, -0.2) is 4.98 Å². The lowest BCUT2D eigenvalue weighted by molar-refractivity contribution is -0.144. The number of hydrogen-bond acceptors (Lipinski definition) is 6. The van der Waals surface area contributed by atoms with Gasteiger partial charge in [0.2, 0.25) is 17.7 Å². The minimum Gasteiger partial charge on any atom is -0.348 e. The maximum Gasteiger partial charge on any atom is 0.246 e. The van der Waals surface area contributed by atoms with E-state index in [1.54, 1.807) is 16.2 Å². The number of likely N-dealkylation sites (tertiary alicyclic amines) is 1. The fourth-order valence-electron chi connectivity index (χ4n) is 4.67. The molecule has 0 bridgehead atoms. The van der Waals surface area contributed by atoms with Crippen LogP contribution in [0.15, 0.2) is 29.8 Å². The van der Waals surface area contributed by atoms with Gasteiger partial charge in [0.1, 0.15) is 12.1 Å². The summed E-state index contributed by atoms with van der Waals surface area (Å²) in [6.07, 6.45) is 2.42. The van der Waals surface area contributed by atoms with Crippen molar-refractivity contribution in [2.75, 3.05) is 20.1 Å². The van der Waals surface area contributed by atoms with E-state index in [4.69, 9.17) is 0 Å². The molecule has 3 N–H and O–H groups in total. The summed E-state index contributed by atoms with van der Waals surface area (Å²) >= 11 is 1.61. The number of benzene rings is 1. The van der Waals surface area contributed by atoms with Gasteiger partial charge in [-0.3, -0.25) is 14.4 Å². The molecule has 8 nitrogen and oxygen atoms in total. The van der Waals surface area contributed by atoms with Crippen LogP contribution in [0.5, 0.6) is 0 Å². The van der Waals surface area contributed by atoms with E-state index in [-0.39, 0.29) is 23.8 Å². The van der Waals surface area contributed by atoms with Gasteiger partial charge in [-0.05, 0) is 63.2 Å². The first-order valence-electron chi connectivity index (χ1n) is 13.1. The number of thiazole rings is 1. The largest absolute Gasteiger partial charge is 0.348 e. The molecular formula is C28H41N5O3S. The van der Waals surface area contributed by atoms with E-state index in [1.807, 2.05) is 59.3 Å². The van der Waals surface area contributed by atoms with Crippen LogP contribution in [0.1, 0.15) is 70.7 Å². The third-order valence-electron chi connectivity index (χ3n) is 6.86. The number of aryl methyl sites for hydroxylation is 1. The van der Waals surface area contributed by atoms with Crippen LogP contribution in [0.4, 0.5) is 0 Å². The summed E-state index contributed by atoms with van der Waals surface area (Å²) in [5.41, 5.74) is 4.47. The zero-order valence-electron chi connectivity index (χ0n) is 22.9. The van der Waals surface area contributed by atoms with Crippen molar-refractivity contribution in [2.24, 2.45) is 5.41 Å². The van der Waals surface area contributed by atoms with Gasteiger partial charge < -0.3 is 20.9 Å². The van der Waals surface area contributed by atoms with Crippen molar-refractivity contribution in [1.29, 1.82) is 0 Å². The quantitative estimate of drug-likeness (QED) is 0.408. The smallest absolute Gasteiger partial charge is 0.246 e. The summed E-state index contributed by atoms with van der Waals surface area (Å²) in [6.45, 7) is 11.0. The van der Waals surface area contributed by atoms with E-state index in [2.05, 4.69) is 33.1 Å². The molecule has 3 amide bonds. The number of rotatable bonds is 10. The first-order valence-corrected chi connectivity index (χ1v) is 14.0. The van der Waals surface area contributed by atoms with Gasteiger partial charge in [0, 0.05) is 13.0 Å². The molecule has 2 aromatic rings. The highest BCUT2D eigenvalue weighted by atomic mass is 32.1. The molecule has 2 heterocycles. The van der Waals surface area contributed by atoms with Crippen LogP contribution in [-0.4, -0.2) is 59.8 Å². The molecule has 37 heavy (non-hydrogen) atoms. The van der Waals surface area contributed by atoms with Crippen LogP contribution in [0.25, 0.3) is 10.4 Å². The summed E-state index contributed by atoms with van der Waals surface area (Å²) in [7, 11) is 1.84. The van der Waals surface area contributed by atoms with Gasteiger partial charge in [0.05, 0.1) is 22.1 Å². The Kier molecular flexibility index (Phi) is 9.84. The van der Waals surface area contributed by atoms with Crippen molar-refractivity contribution >= 4 is 29.1 Å². The Hall–Kier alpha value is -2.78. The topological polar surface area (TPSA) is 103 Å². The third-order valence-corrected chi connectivity index (χ3v) is 7.84. The van der Waals surface area contributed by atoms with Crippen molar-refractivity contribution in [3.8, 4) is 10.4 Å². The molecule has 0 radical (unpaired) electrons. The average molecular weight is 528 g/mol. The summed E-state index contributed by atoms with van der Waals surface area (Å²) in [5.74, 6) is -0.493. The van der Waals surface area contributed by atoms with E-state index >= 15 is 0 Å². The molecule has 1 aliphatic heterocycles. The fourth-order valence-corrected chi connectivity index (χ4v) is 5.48. The van der Waals surface area contributed by atoms with Crippen LogP contribution < -0.4 is 16.0 Å². The number of nitrogens with zero attached hydrogens (tertiary/aromatic N) is 2. The monoisotopic (exact) mass is 527 g/mol. The first kappa shape index (κ1) is 28.8. The molecule has 1 aromatic heterocycles. The predicted octanol–water partition coefficient (Wildman–Crippen LogP) is 3.82. The maximum absolute atomic E-state index is 13.6. The standard InChI is InChI=1S/C28H41N5O3S/c1-18(20-11-13-21(14-12-20)24-19(2)30-17-37-24)31-26(35)22-9-8-16-33(22)27(36)25(28(3,4)5)32-23(34)10-7-15-29-6/h11-14,17-18,22,25,29H,7-10,15-16H2,1-6H3,(H,31,35)(H,32,34). The van der Waals surface area contributed by atoms with Crippen LogP contribution in [-0.2, 0) is 14.4 Å². The number of nitrogens with one attached hydrogen (secondary N) is 3. The lowest BCUT2D eigenvalue weighted by atomic mass is 9.85. The number of amides is 3. The Bertz CT molecular complexity index is 1080. The van der Waals surface area contributed by atoms with Crippen LogP contribution in [0.3, 0.4) is 0 Å². The lowest BCUT2D eigenvalue weighted by Crippen LogP contribution is -2.57. The molecule has 3 atom stereocenters. The highest BCUT2D eigenvalue weighted by Gasteiger charge is 2.42. The molecule has 3 unspecified atom stereocenters. The Balaban J connectivity index is 1.65. The van der Waals surface area contributed by atoms with E-state index in [9.17, 15) is 14.4 Å². The highest BCUT2D eigenvalue weighted by Crippen LogP contribution is 2.29. The Morgan fingerprint density at radius 3 is 2.46 bits per heavy atom. The Morgan fingerprint density at radius 1 is 1.16 bits per heavy atom. The molecule has 1 saturated heterocycles. The molecule has 1 fully saturated rings. The summed E-state index contributed by atoms with van der Waals surface area (Å²) in [5, 5.41) is 9.08. The molecular weight excluding hydrogens is 486 g/mol. The minimum atomic E-state index is -0.692. The summed E-state index contributed by atoms with van der Waals surface area (Å²) in [4.78, 5) is 46.6. The molecule has 1 aliphatic rings. The lowest BCUT2D eigenvalue weighted by Gasteiger charge is -2.35. The van der Waals surface area contributed by atoms with Crippen LogP contribution in [0, 0.1) is 12.3 Å². The SMILES string of the molecule is CNCCCC(=O)NC(C(=O)N1CCCC1C(=O)NC(C)c1ccc(-c2scnc2C)cc1)C(C)(C)C. The molecule has 1 aromatic carbocycles. The second-order valence-corrected chi connectivity index (χ2v) is 11.7. The van der Waals surface area contributed by atoms with Gasteiger partial charge in [0.15, 0.2) is 0 Å². The zero-order valence-corrected chi connectivity index (χ0v) is 23.7. The van der Waals surface area contributed by atoms with Gasteiger partial charge in [-0.1, -0.05) is 45.0 Å². The first-order chi connectivity index (χ1) is 17.5. The normalized spacial score (nSPS) is 17.4. The van der Waals surface area contributed by atoms with Crippen LogP contribution >= 0.6 is 11.3 Å². The van der Waals surface area contributed by atoms with Gasteiger partial charge >= 0.3 is 0 Å². The van der Waals surface area contributed by atoms with Crippen LogP contribution in [0.2, 0.25) is 0 Å². The molecule has 9 heteroatoms. The second kappa shape index (κ2) is 12.6. The van der Waals surface area contributed by atoms with E-state index in [0.717, 1.165) is 34.7 Å². The van der Waals surface area contributed by atoms with E-state index in [1.165, 1.54) is 0 Å². The Morgan fingerprint density at radius 2 is 1.86 bits per heavy atom. The summed E-state index contributed by atoms with van der Waals surface area (Å²) in [6, 6.07) is 6.72. The van der Waals surface area contributed by atoms with E-state index < -0.39 is 17.5 Å². The van der Waals surface area contributed by atoms with Crippen molar-refractivity contribution in [3.63, 3.8) is 0 Å². The second-order valence-electron chi connectivity index (χ2n) is 10.9. The third kappa shape index (κ3) is 7.38. The number of aromatic nitrogens is 1. The molecule has 3 rings (SSSR count). The zero-order chi connectivity index (χ0) is 27.2. The van der Waals surface area contributed by atoms with E-state index in [0.29, 0.717) is 25.8 Å². The minimum absolute atomic E-state index is 0.144. The van der Waals surface area contributed by atoms with Gasteiger partial charge in [-0.15, -0.1) is 11.3 Å². The number of carbonyl (C=O) groups is 3. The van der Waals surface area contributed by atoms with Gasteiger partial charge in [0.25, 0.3) is 0 Å². The van der Waals surface area contributed by atoms with Gasteiger partial charge in [-0.2, -0.15) is 0 Å². The summed E-state index contributed by atoms with van der Waals surface area (Å²) < 4.78 is 0. The van der Waals surface area contributed by atoms with Crippen molar-refractivity contribution in [3.05, 3.63) is 41.0 Å². The number of hydrogen-bond donors (Lipinski definition) is 3. The van der Waals surface area contributed by atoms with Crippen molar-refractivity contribution in [1.82, 2.24) is 25.8 Å². The van der Waals surface area contributed by atoms with Crippen molar-refractivity contribution < 1.29 is 14.4 Å².